The smallest absolute Gasteiger partial charge is 0.0323 e. The molecule has 0 spiro atoms. The zero-order chi connectivity index (χ0) is 14.8. The number of rotatable bonds is 5. The maximum Gasteiger partial charge on any atom is 0.0323 e. The average Bonchev–Trinajstić information content (AvgIpc) is 2.46. The minimum Gasteiger partial charge on any atom is -0.310 e. The molecule has 0 saturated carbocycles. The molecule has 1 nitrogen and oxygen atoms in total. The maximum absolute atomic E-state index is 3.74. The highest BCUT2D eigenvalue weighted by Gasteiger charge is 2.27. The fraction of sp³-hybridized carbons (Fsp3) is 0.684. The van der Waals surface area contributed by atoms with Gasteiger partial charge in [-0.15, -0.1) is 0 Å². The van der Waals surface area contributed by atoms with E-state index in [1.807, 2.05) is 0 Å². The third kappa shape index (κ3) is 3.09. The van der Waals surface area contributed by atoms with Crippen molar-refractivity contribution in [3.8, 4) is 0 Å². The molecule has 2 unspecified atom stereocenters. The van der Waals surface area contributed by atoms with Crippen LogP contribution in [-0.4, -0.2) is 6.54 Å². The summed E-state index contributed by atoms with van der Waals surface area (Å²) < 4.78 is 0. The van der Waals surface area contributed by atoms with E-state index in [4.69, 9.17) is 0 Å². The highest BCUT2D eigenvalue weighted by molar-refractivity contribution is 5.40. The van der Waals surface area contributed by atoms with E-state index in [9.17, 15) is 0 Å². The molecule has 0 amide bonds. The molecule has 1 aliphatic carbocycles. The van der Waals surface area contributed by atoms with Gasteiger partial charge in [0.05, 0.1) is 0 Å². The van der Waals surface area contributed by atoms with Gasteiger partial charge in [0.2, 0.25) is 0 Å². The van der Waals surface area contributed by atoms with Gasteiger partial charge in [-0.05, 0) is 60.3 Å². The Bertz CT molecular complexity index is 447. The van der Waals surface area contributed by atoms with E-state index in [2.05, 4.69) is 58.1 Å². The third-order valence-electron chi connectivity index (χ3n) is 5.19. The lowest BCUT2D eigenvalue weighted by Gasteiger charge is -2.33. The van der Waals surface area contributed by atoms with Crippen molar-refractivity contribution in [1.29, 1.82) is 0 Å². The average molecular weight is 273 g/mol. The molecule has 2 rings (SSSR count). The predicted octanol–water partition coefficient (Wildman–Crippen LogP) is 5.31. The largest absolute Gasteiger partial charge is 0.310 e. The van der Waals surface area contributed by atoms with Gasteiger partial charge in [0.25, 0.3) is 0 Å². The zero-order valence-electron chi connectivity index (χ0n) is 13.9. The minimum absolute atomic E-state index is 0.283. The summed E-state index contributed by atoms with van der Waals surface area (Å²) in [6.07, 6.45) is 4.99. The second-order valence-corrected chi connectivity index (χ2v) is 7.07. The number of nitrogens with one attached hydrogen (secondary N) is 1. The van der Waals surface area contributed by atoms with Crippen LogP contribution in [0.5, 0.6) is 0 Å². The summed E-state index contributed by atoms with van der Waals surface area (Å²) in [5.74, 6) is 0.712. The molecule has 20 heavy (non-hydrogen) atoms. The molecule has 0 aliphatic heterocycles. The monoisotopic (exact) mass is 273 g/mol. The van der Waals surface area contributed by atoms with E-state index >= 15 is 0 Å². The molecule has 0 bridgehead atoms. The predicted molar refractivity (Wildman–Crippen MR) is 88.4 cm³/mol. The van der Waals surface area contributed by atoms with E-state index in [-0.39, 0.29) is 5.41 Å². The molecule has 112 valence electrons. The molecule has 0 saturated heterocycles. The third-order valence-corrected chi connectivity index (χ3v) is 5.19. The fourth-order valence-electron chi connectivity index (χ4n) is 3.21. The van der Waals surface area contributed by atoms with Gasteiger partial charge in [0.1, 0.15) is 0 Å². The quantitative estimate of drug-likeness (QED) is 0.766. The van der Waals surface area contributed by atoms with Crippen molar-refractivity contribution < 1.29 is 0 Å². The topological polar surface area (TPSA) is 12.0 Å². The van der Waals surface area contributed by atoms with Crippen molar-refractivity contribution in [2.75, 3.05) is 6.54 Å². The summed E-state index contributed by atoms with van der Waals surface area (Å²) in [5.41, 5.74) is 4.92. The number of hydrogen-bond donors (Lipinski definition) is 1. The molecule has 2 atom stereocenters. The van der Waals surface area contributed by atoms with Crippen LogP contribution in [0.25, 0.3) is 0 Å². The Kier molecular flexibility index (Phi) is 4.90. The van der Waals surface area contributed by atoms with Gasteiger partial charge in [0.15, 0.2) is 0 Å². The molecule has 1 aliphatic rings. The summed E-state index contributed by atoms with van der Waals surface area (Å²) >= 11 is 0. The Hall–Kier alpha value is -0.820. The van der Waals surface area contributed by atoms with Crippen LogP contribution in [0.1, 0.15) is 89.0 Å². The lowest BCUT2D eigenvalue weighted by atomic mass is 9.75. The minimum atomic E-state index is 0.283. The van der Waals surface area contributed by atoms with Crippen molar-refractivity contribution in [1.82, 2.24) is 5.32 Å². The van der Waals surface area contributed by atoms with Crippen molar-refractivity contribution in [2.24, 2.45) is 0 Å². The first kappa shape index (κ1) is 15.6. The van der Waals surface area contributed by atoms with Crippen LogP contribution in [-0.2, 0) is 5.41 Å². The molecule has 0 heterocycles. The van der Waals surface area contributed by atoms with Gasteiger partial charge in [0, 0.05) is 6.04 Å². The second kappa shape index (κ2) is 6.30. The summed E-state index contributed by atoms with van der Waals surface area (Å²) in [7, 11) is 0. The molecule has 0 aromatic heterocycles. The van der Waals surface area contributed by atoms with Crippen molar-refractivity contribution in [3.05, 3.63) is 34.9 Å². The van der Waals surface area contributed by atoms with Crippen LogP contribution in [0.4, 0.5) is 0 Å². The van der Waals surface area contributed by atoms with E-state index in [0.29, 0.717) is 12.0 Å². The first-order chi connectivity index (χ1) is 9.49. The van der Waals surface area contributed by atoms with Crippen molar-refractivity contribution in [3.63, 3.8) is 0 Å². The van der Waals surface area contributed by atoms with Crippen molar-refractivity contribution >= 4 is 0 Å². The van der Waals surface area contributed by atoms with Crippen LogP contribution >= 0.6 is 0 Å². The Balaban J connectivity index is 2.36. The van der Waals surface area contributed by atoms with Gasteiger partial charge in [-0.3, -0.25) is 0 Å². The first-order valence-corrected chi connectivity index (χ1v) is 8.37. The Morgan fingerprint density at radius 3 is 2.55 bits per heavy atom. The molecule has 0 radical (unpaired) electrons. The maximum atomic E-state index is 3.74. The highest BCUT2D eigenvalue weighted by Crippen LogP contribution is 2.39. The lowest BCUT2D eigenvalue weighted by molar-refractivity contribution is 0.429. The normalized spacial score (nSPS) is 22.6. The van der Waals surface area contributed by atoms with Crippen LogP contribution < -0.4 is 5.32 Å². The van der Waals surface area contributed by atoms with E-state index in [1.165, 1.54) is 31.2 Å². The zero-order valence-corrected chi connectivity index (χ0v) is 13.9. The van der Waals surface area contributed by atoms with Gasteiger partial charge in [-0.2, -0.15) is 0 Å². The molecule has 1 heteroatoms. The van der Waals surface area contributed by atoms with Crippen LogP contribution in [0.2, 0.25) is 0 Å². The van der Waals surface area contributed by atoms with E-state index < -0.39 is 0 Å². The summed E-state index contributed by atoms with van der Waals surface area (Å²) in [6.45, 7) is 12.7. The van der Waals surface area contributed by atoms with E-state index in [0.717, 1.165) is 6.54 Å². The SMILES string of the molecule is CCCNC1CCC(C)c2ccc(C(C)(C)CC)cc21. The number of benzene rings is 1. The summed E-state index contributed by atoms with van der Waals surface area (Å²) in [6, 6.07) is 7.81. The standard InChI is InChI=1S/C19H31N/c1-6-12-20-18-11-8-14(3)16-10-9-15(13-17(16)18)19(4,5)7-2/h9-10,13-14,18,20H,6-8,11-12H2,1-5H3. The summed E-state index contributed by atoms with van der Waals surface area (Å²) in [5, 5.41) is 3.74. The van der Waals surface area contributed by atoms with Gasteiger partial charge in [-0.25, -0.2) is 0 Å². The molecular weight excluding hydrogens is 242 g/mol. The van der Waals surface area contributed by atoms with Crippen LogP contribution in [0.15, 0.2) is 18.2 Å². The fourth-order valence-corrected chi connectivity index (χ4v) is 3.21. The van der Waals surface area contributed by atoms with Crippen LogP contribution in [0.3, 0.4) is 0 Å². The van der Waals surface area contributed by atoms with Crippen molar-refractivity contribution in [2.45, 2.75) is 77.7 Å². The van der Waals surface area contributed by atoms with E-state index in [1.54, 1.807) is 11.1 Å². The Morgan fingerprint density at radius 1 is 1.15 bits per heavy atom. The Morgan fingerprint density at radius 2 is 1.90 bits per heavy atom. The number of hydrogen-bond acceptors (Lipinski definition) is 1. The summed E-state index contributed by atoms with van der Waals surface area (Å²) in [4.78, 5) is 0. The molecule has 1 aromatic rings. The first-order valence-electron chi connectivity index (χ1n) is 8.37. The van der Waals surface area contributed by atoms with Gasteiger partial charge >= 0.3 is 0 Å². The lowest BCUT2D eigenvalue weighted by Crippen LogP contribution is -2.28. The van der Waals surface area contributed by atoms with Gasteiger partial charge in [-0.1, -0.05) is 52.8 Å². The van der Waals surface area contributed by atoms with Crippen LogP contribution in [0, 0.1) is 0 Å². The molecule has 1 N–H and O–H groups in total. The molecular formula is C19H31N. The van der Waals surface area contributed by atoms with Gasteiger partial charge < -0.3 is 5.32 Å². The number of fused-ring (bicyclic) bond motifs is 1. The molecule has 1 aromatic carbocycles. The molecule has 0 fully saturated rings. The second-order valence-electron chi connectivity index (χ2n) is 7.07. The highest BCUT2D eigenvalue weighted by atomic mass is 14.9. The Labute approximate surface area is 125 Å².